The molecule has 2 rings (SSSR count). The van der Waals surface area contributed by atoms with E-state index in [0.717, 1.165) is 26.1 Å². The summed E-state index contributed by atoms with van der Waals surface area (Å²) in [6, 6.07) is 9.66. The van der Waals surface area contributed by atoms with Crippen molar-refractivity contribution in [3.63, 3.8) is 0 Å². The maximum Gasteiger partial charge on any atom is 0.0320 e. The maximum absolute atomic E-state index is 3.46. The second kappa shape index (κ2) is 6.18. The van der Waals surface area contributed by atoms with Gasteiger partial charge in [-0.05, 0) is 44.0 Å². The van der Waals surface area contributed by atoms with Crippen LogP contribution in [0.25, 0.3) is 0 Å². The highest BCUT2D eigenvalue weighted by Crippen LogP contribution is 2.21. The molecule has 17 heavy (non-hydrogen) atoms. The Labute approximate surface area is 105 Å². The lowest BCUT2D eigenvalue weighted by molar-refractivity contribution is 0.225. The predicted molar refractivity (Wildman–Crippen MR) is 73.3 cm³/mol. The highest BCUT2D eigenvalue weighted by atomic mass is 15.2. The lowest BCUT2D eigenvalue weighted by Crippen LogP contribution is -2.30. The molecule has 0 spiro atoms. The molecule has 1 heterocycles. The van der Waals surface area contributed by atoms with Crippen molar-refractivity contribution in [1.29, 1.82) is 0 Å². The molecule has 1 fully saturated rings. The number of hydrogen-bond donors (Lipinski definition) is 1. The lowest BCUT2D eigenvalue weighted by atomic mass is 10.0. The van der Waals surface area contributed by atoms with Gasteiger partial charge in [0.25, 0.3) is 0 Å². The zero-order valence-electron chi connectivity index (χ0n) is 11.1. The predicted octanol–water partition coefficient (Wildman–Crippen LogP) is 2.61. The summed E-state index contributed by atoms with van der Waals surface area (Å²) in [7, 11) is 0. The van der Waals surface area contributed by atoms with Gasteiger partial charge in [0.1, 0.15) is 0 Å². The molecule has 0 aromatic heterocycles. The molecule has 1 aliphatic heterocycles. The van der Waals surface area contributed by atoms with Crippen molar-refractivity contribution in [2.45, 2.75) is 32.7 Å². The Hall–Kier alpha value is -0.860. The van der Waals surface area contributed by atoms with Crippen molar-refractivity contribution in [3.8, 4) is 0 Å². The molecule has 0 bridgehead atoms. The number of nitrogens with zero attached hydrogens (tertiary/aromatic N) is 1. The van der Waals surface area contributed by atoms with E-state index in [2.05, 4.69) is 48.3 Å². The van der Waals surface area contributed by atoms with Crippen LogP contribution in [0, 0.1) is 0 Å². The van der Waals surface area contributed by atoms with Crippen molar-refractivity contribution >= 4 is 0 Å². The number of aryl methyl sites for hydroxylation is 1. The van der Waals surface area contributed by atoms with Gasteiger partial charge in [0.15, 0.2) is 0 Å². The average Bonchev–Trinajstić information content (AvgIpc) is 2.67. The van der Waals surface area contributed by atoms with E-state index in [4.69, 9.17) is 0 Å². The molecule has 2 heteroatoms. The Bertz CT molecular complexity index is 323. The van der Waals surface area contributed by atoms with Crippen LogP contribution in [0.3, 0.4) is 0 Å². The van der Waals surface area contributed by atoms with Crippen molar-refractivity contribution < 1.29 is 0 Å². The second-order valence-electron chi connectivity index (χ2n) is 4.91. The van der Waals surface area contributed by atoms with E-state index in [1.165, 1.54) is 24.1 Å². The molecule has 0 amide bonds. The van der Waals surface area contributed by atoms with Gasteiger partial charge in [0, 0.05) is 19.1 Å². The first-order chi connectivity index (χ1) is 8.31. The van der Waals surface area contributed by atoms with E-state index in [0.29, 0.717) is 6.04 Å². The van der Waals surface area contributed by atoms with Crippen LogP contribution in [0.15, 0.2) is 24.3 Å². The number of nitrogens with one attached hydrogen (secondary N) is 1. The van der Waals surface area contributed by atoms with Crippen LogP contribution >= 0.6 is 0 Å². The zero-order valence-corrected chi connectivity index (χ0v) is 11.1. The minimum Gasteiger partial charge on any atom is -0.315 e. The Balaban J connectivity index is 2.03. The number of hydrogen-bond acceptors (Lipinski definition) is 2. The standard InChI is InChI=1S/C15H24N2/c1-3-14-5-7-15(8-6-14)13(2)17-11-4-9-16-10-12-17/h5-8,13,16H,3-4,9-12H2,1-2H3. The molecule has 1 N–H and O–H groups in total. The molecular formula is C15H24N2. The molecule has 0 radical (unpaired) electrons. The summed E-state index contributed by atoms with van der Waals surface area (Å²) in [5, 5.41) is 3.46. The Morgan fingerprint density at radius 2 is 1.94 bits per heavy atom. The van der Waals surface area contributed by atoms with E-state index in [1.807, 2.05) is 0 Å². The van der Waals surface area contributed by atoms with Crippen LogP contribution in [0.1, 0.15) is 37.4 Å². The fraction of sp³-hybridized carbons (Fsp3) is 0.600. The van der Waals surface area contributed by atoms with E-state index in [1.54, 1.807) is 0 Å². The Morgan fingerprint density at radius 3 is 2.65 bits per heavy atom. The summed E-state index contributed by atoms with van der Waals surface area (Å²) in [5.41, 5.74) is 2.88. The van der Waals surface area contributed by atoms with Gasteiger partial charge in [0.2, 0.25) is 0 Å². The zero-order chi connectivity index (χ0) is 12.1. The lowest BCUT2D eigenvalue weighted by Gasteiger charge is -2.27. The molecule has 1 aliphatic rings. The Morgan fingerprint density at radius 1 is 1.18 bits per heavy atom. The molecule has 0 saturated carbocycles. The second-order valence-corrected chi connectivity index (χ2v) is 4.91. The first kappa shape index (κ1) is 12.6. The molecule has 1 aromatic rings. The van der Waals surface area contributed by atoms with Gasteiger partial charge < -0.3 is 5.32 Å². The van der Waals surface area contributed by atoms with Gasteiger partial charge >= 0.3 is 0 Å². The van der Waals surface area contributed by atoms with Gasteiger partial charge in [-0.25, -0.2) is 0 Å². The van der Waals surface area contributed by atoms with Crippen LogP contribution in [-0.2, 0) is 6.42 Å². The van der Waals surface area contributed by atoms with Crippen molar-refractivity contribution in [2.24, 2.45) is 0 Å². The summed E-state index contributed by atoms with van der Waals surface area (Å²) < 4.78 is 0. The van der Waals surface area contributed by atoms with Crippen LogP contribution < -0.4 is 5.32 Å². The smallest absolute Gasteiger partial charge is 0.0320 e. The summed E-state index contributed by atoms with van der Waals surface area (Å²) in [6.45, 7) is 9.20. The van der Waals surface area contributed by atoms with Crippen LogP contribution in [0.2, 0.25) is 0 Å². The van der Waals surface area contributed by atoms with E-state index >= 15 is 0 Å². The van der Waals surface area contributed by atoms with Gasteiger partial charge in [0.05, 0.1) is 0 Å². The van der Waals surface area contributed by atoms with E-state index in [-0.39, 0.29) is 0 Å². The fourth-order valence-corrected chi connectivity index (χ4v) is 2.50. The third-order valence-electron chi connectivity index (χ3n) is 3.79. The minimum absolute atomic E-state index is 0.542. The normalized spacial score (nSPS) is 19.9. The van der Waals surface area contributed by atoms with Gasteiger partial charge in [-0.3, -0.25) is 4.90 Å². The van der Waals surface area contributed by atoms with Crippen LogP contribution in [-0.4, -0.2) is 31.1 Å². The maximum atomic E-state index is 3.46. The van der Waals surface area contributed by atoms with Crippen LogP contribution in [0.4, 0.5) is 0 Å². The minimum atomic E-state index is 0.542. The third kappa shape index (κ3) is 3.30. The summed E-state index contributed by atoms with van der Waals surface area (Å²) in [4.78, 5) is 2.58. The molecule has 94 valence electrons. The summed E-state index contributed by atoms with van der Waals surface area (Å²) in [6.07, 6.45) is 2.39. The fourth-order valence-electron chi connectivity index (χ4n) is 2.50. The molecular weight excluding hydrogens is 208 g/mol. The Kier molecular flexibility index (Phi) is 4.57. The monoisotopic (exact) mass is 232 g/mol. The highest BCUT2D eigenvalue weighted by Gasteiger charge is 2.16. The van der Waals surface area contributed by atoms with Crippen LogP contribution in [0.5, 0.6) is 0 Å². The molecule has 0 aliphatic carbocycles. The molecule has 1 saturated heterocycles. The van der Waals surface area contributed by atoms with Crippen molar-refractivity contribution in [3.05, 3.63) is 35.4 Å². The highest BCUT2D eigenvalue weighted by molar-refractivity contribution is 5.24. The first-order valence-electron chi connectivity index (χ1n) is 6.85. The average molecular weight is 232 g/mol. The quantitative estimate of drug-likeness (QED) is 0.862. The summed E-state index contributed by atoms with van der Waals surface area (Å²) in [5.74, 6) is 0. The van der Waals surface area contributed by atoms with Gasteiger partial charge in [-0.2, -0.15) is 0 Å². The molecule has 1 unspecified atom stereocenters. The molecule has 1 aromatic carbocycles. The topological polar surface area (TPSA) is 15.3 Å². The SMILES string of the molecule is CCc1ccc(C(C)N2CCCNCC2)cc1. The molecule has 1 atom stereocenters. The van der Waals surface area contributed by atoms with Crippen molar-refractivity contribution in [1.82, 2.24) is 10.2 Å². The summed E-state index contributed by atoms with van der Waals surface area (Å²) >= 11 is 0. The largest absolute Gasteiger partial charge is 0.315 e. The number of rotatable bonds is 3. The van der Waals surface area contributed by atoms with Gasteiger partial charge in [-0.1, -0.05) is 31.2 Å². The number of benzene rings is 1. The van der Waals surface area contributed by atoms with E-state index < -0.39 is 0 Å². The van der Waals surface area contributed by atoms with E-state index in [9.17, 15) is 0 Å². The molecule has 2 nitrogen and oxygen atoms in total. The van der Waals surface area contributed by atoms with Gasteiger partial charge in [-0.15, -0.1) is 0 Å². The van der Waals surface area contributed by atoms with Crippen molar-refractivity contribution in [2.75, 3.05) is 26.2 Å². The third-order valence-corrected chi connectivity index (χ3v) is 3.79. The first-order valence-corrected chi connectivity index (χ1v) is 6.85.